The zero-order valence-corrected chi connectivity index (χ0v) is 17.8. The van der Waals surface area contributed by atoms with Gasteiger partial charge < -0.3 is 5.32 Å². The molecule has 1 saturated carbocycles. The van der Waals surface area contributed by atoms with Crippen LogP contribution in [0.2, 0.25) is 0 Å². The molecule has 1 N–H and O–H groups in total. The van der Waals surface area contributed by atoms with Gasteiger partial charge in [-0.25, -0.2) is 0 Å². The first-order valence-corrected chi connectivity index (χ1v) is 11.1. The lowest BCUT2D eigenvalue weighted by Gasteiger charge is -2.38. The first kappa shape index (κ1) is 21.1. The molecule has 0 spiro atoms. The fraction of sp³-hybridized carbons (Fsp3) is 0.320. The predicted molar refractivity (Wildman–Crippen MR) is 120 cm³/mol. The molecule has 2 aromatic carbocycles. The quantitative estimate of drug-likeness (QED) is 0.317. The van der Waals surface area contributed by atoms with E-state index in [1.165, 1.54) is 29.2 Å². The van der Waals surface area contributed by atoms with E-state index in [4.69, 9.17) is 0 Å². The number of imide groups is 1. The van der Waals surface area contributed by atoms with Crippen molar-refractivity contribution in [3.05, 3.63) is 82.4 Å². The van der Waals surface area contributed by atoms with Crippen molar-refractivity contribution in [3.8, 4) is 0 Å². The van der Waals surface area contributed by atoms with Gasteiger partial charge in [0.15, 0.2) is 0 Å². The molecule has 2 fully saturated rings. The minimum atomic E-state index is -1.01. The van der Waals surface area contributed by atoms with Crippen molar-refractivity contribution in [2.75, 3.05) is 5.32 Å². The molecule has 0 unspecified atom stereocenters. The minimum absolute atomic E-state index is 0.0385. The first-order chi connectivity index (χ1) is 15.9. The Morgan fingerprint density at radius 3 is 2.06 bits per heavy atom. The Balaban J connectivity index is 1.44. The number of likely N-dealkylation sites (tertiary alicyclic amines) is 1. The smallest absolute Gasteiger partial charge is 0.269 e. The van der Waals surface area contributed by atoms with Crippen molar-refractivity contribution >= 4 is 29.1 Å². The monoisotopic (exact) mass is 445 g/mol. The third-order valence-electron chi connectivity index (χ3n) is 7.03. The summed E-state index contributed by atoms with van der Waals surface area (Å²) in [7, 11) is 0. The second-order valence-corrected chi connectivity index (χ2v) is 8.89. The predicted octanol–water partition coefficient (Wildman–Crippen LogP) is 3.34. The van der Waals surface area contributed by atoms with Crippen LogP contribution in [0.4, 0.5) is 11.4 Å². The highest BCUT2D eigenvalue weighted by Crippen LogP contribution is 2.50. The second kappa shape index (κ2) is 8.27. The average molecular weight is 445 g/mol. The number of nitro groups is 1. The van der Waals surface area contributed by atoms with E-state index in [2.05, 4.69) is 5.32 Å². The van der Waals surface area contributed by atoms with Gasteiger partial charge in [0.2, 0.25) is 17.7 Å². The van der Waals surface area contributed by atoms with Crippen LogP contribution in [0.1, 0.15) is 18.4 Å². The Bertz CT molecular complexity index is 1110. The average Bonchev–Trinajstić information content (AvgIpc) is 3.11. The molecule has 0 radical (unpaired) electrons. The Hall–Kier alpha value is -3.81. The number of nitrogens with one attached hydrogen (secondary N) is 1. The maximum absolute atomic E-state index is 13.5. The Morgan fingerprint density at radius 2 is 1.55 bits per heavy atom. The largest absolute Gasteiger partial charge is 0.324 e. The molecule has 0 aromatic heterocycles. The van der Waals surface area contributed by atoms with Crippen LogP contribution < -0.4 is 5.32 Å². The zero-order chi connectivity index (χ0) is 23.1. The molecule has 8 nitrogen and oxygen atoms in total. The van der Waals surface area contributed by atoms with Crippen molar-refractivity contribution in [3.63, 3.8) is 0 Å². The topological polar surface area (TPSA) is 110 Å². The second-order valence-electron chi connectivity index (χ2n) is 8.89. The summed E-state index contributed by atoms with van der Waals surface area (Å²) >= 11 is 0. The summed E-state index contributed by atoms with van der Waals surface area (Å²) in [5, 5.41) is 13.6. The number of hydrogen-bond donors (Lipinski definition) is 1. The molecule has 2 bridgehead atoms. The summed E-state index contributed by atoms with van der Waals surface area (Å²) in [6.45, 7) is 0. The molecule has 5 atom stereocenters. The molecule has 168 valence electrons. The minimum Gasteiger partial charge on any atom is -0.324 e. The molecule has 1 saturated heterocycles. The Labute approximate surface area is 190 Å². The molecule has 3 aliphatic carbocycles. The number of fused-ring (bicyclic) bond motifs is 1. The van der Waals surface area contributed by atoms with E-state index < -0.39 is 28.7 Å². The van der Waals surface area contributed by atoms with Gasteiger partial charge >= 0.3 is 0 Å². The molecule has 33 heavy (non-hydrogen) atoms. The van der Waals surface area contributed by atoms with Crippen LogP contribution in [0, 0.1) is 33.8 Å². The molecule has 3 amide bonds. The number of hydrogen-bond acceptors (Lipinski definition) is 5. The number of non-ortho nitro benzene ring substituents is 1. The summed E-state index contributed by atoms with van der Waals surface area (Å²) in [4.78, 5) is 51.9. The van der Waals surface area contributed by atoms with Crippen molar-refractivity contribution in [1.82, 2.24) is 4.90 Å². The van der Waals surface area contributed by atoms with Crippen molar-refractivity contribution in [2.24, 2.45) is 23.7 Å². The van der Waals surface area contributed by atoms with Gasteiger partial charge in [-0.1, -0.05) is 42.5 Å². The van der Waals surface area contributed by atoms with Gasteiger partial charge in [-0.15, -0.1) is 0 Å². The third kappa shape index (κ3) is 3.71. The standard InChI is InChI=1S/C25H23N3O5/c29-23(26-18-10-12-19(13-11-18)28(32)33)20(14-15-4-2-1-3-5-15)27-24(30)21-16-6-7-17(9-8-16)22(21)25(27)31/h1-7,10-13,16-17,20-22H,8-9,14H2,(H,26,29)/t16-,17-,20-,21+,22+/m0/s1. The van der Waals surface area contributed by atoms with Gasteiger partial charge in [-0.2, -0.15) is 0 Å². The zero-order valence-electron chi connectivity index (χ0n) is 17.8. The van der Waals surface area contributed by atoms with Crippen LogP contribution in [-0.4, -0.2) is 33.6 Å². The van der Waals surface area contributed by atoms with Crippen molar-refractivity contribution in [2.45, 2.75) is 25.3 Å². The van der Waals surface area contributed by atoms with E-state index in [-0.39, 0.29) is 35.8 Å². The molecule has 4 aliphatic rings. The van der Waals surface area contributed by atoms with Gasteiger partial charge in [-0.3, -0.25) is 29.4 Å². The number of allylic oxidation sites excluding steroid dienone is 2. The number of nitro benzene ring substituents is 1. The summed E-state index contributed by atoms with van der Waals surface area (Å²) < 4.78 is 0. The number of carbonyl (C=O) groups excluding carboxylic acids is 3. The fourth-order valence-electron chi connectivity index (χ4n) is 5.44. The lowest BCUT2D eigenvalue weighted by atomic mass is 9.63. The highest BCUT2D eigenvalue weighted by atomic mass is 16.6. The van der Waals surface area contributed by atoms with E-state index in [0.717, 1.165) is 18.4 Å². The summed E-state index contributed by atoms with van der Waals surface area (Å²) in [6, 6.07) is 13.7. The van der Waals surface area contributed by atoms with Gasteiger partial charge in [0.05, 0.1) is 16.8 Å². The van der Waals surface area contributed by atoms with Crippen molar-refractivity contribution < 1.29 is 19.3 Å². The van der Waals surface area contributed by atoms with E-state index in [9.17, 15) is 24.5 Å². The van der Waals surface area contributed by atoms with Crippen LogP contribution >= 0.6 is 0 Å². The number of amides is 3. The maximum atomic E-state index is 13.5. The lowest BCUT2D eigenvalue weighted by Crippen LogP contribution is -2.49. The van der Waals surface area contributed by atoms with E-state index in [1.807, 2.05) is 42.5 Å². The van der Waals surface area contributed by atoms with Gasteiger partial charge in [0, 0.05) is 24.2 Å². The van der Waals surface area contributed by atoms with Crippen LogP contribution in [0.25, 0.3) is 0 Å². The molecule has 6 rings (SSSR count). The van der Waals surface area contributed by atoms with Crippen LogP contribution in [0.5, 0.6) is 0 Å². The number of nitrogens with zero attached hydrogens (tertiary/aromatic N) is 2. The highest BCUT2D eigenvalue weighted by molar-refractivity contribution is 6.10. The van der Waals surface area contributed by atoms with Gasteiger partial charge in [-0.05, 0) is 42.4 Å². The Morgan fingerprint density at radius 1 is 0.970 bits per heavy atom. The molecule has 1 aliphatic heterocycles. The summed E-state index contributed by atoms with van der Waals surface area (Å²) in [6.07, 6.45) is 6.06. The third-order valence-corrected chi connectivity index (χ3v) is 7.03. The van der Waals surface area contributed by atoms with Gasteiger partial charge in [0.1, 0.15) is 6.04 Å². The normalized spacial score (nSPS) is 26.2. The molecular formula is C25H23N3O5. The SMILES string of the molecule is O=C(Nc1ccc([N+](=O)[O-])cc1)[C@H](Cc1ccccc1)N1C(=O)[C@H]2[C@H](C1=O)[C@H]1C=C[C@H]2CC1. The highest BCUT2D eigenvalue weighted by Gasteiger charge is 2.58. The summed E-state index contributed by atoms with van der Waals surface area (Å²) in [5.74, 6) is -1.76. The fourth-order valence-corrected chi connectivity index (χ4v) is 5.44. The summed E-state index contributed by atoms with van der Waals surface area (Å²) in [5.41, 5.74) is 1.10. The van der Waals surface area contributed by atoms with Crippen molar-refractivity contribution in [1.29, 1.82) is 0 Å². The van der Waals surface area contributed by atoms with E-state index in [1.54, 1.807) is 0 Å². The number of benzene rings is 2. The van der Waals surface area contributed by atoms with E-state index >= 15 is 0 Å². The Kier molecular flexibility index (Phi) is 5.28. The molecule has 2 aromatic rings. The van der Waals surface area contributed by atoms with Crippen LogP contribution in [0.15, 0.2) is 66.7 Å². The molecular weight excluding hydrogens is 422 g/mol. The van der Waals surface area contributed by atoms with E-state index in [0.29, 0.717) is 5.69 Å². The van der Waals surface area contributed by atoms with Crippen LogP contribution in [-0.2, 0) is 20.8 Å². The molecule has 8 heteroatoms. The van der Waals surface area contributed by atoms with Gasteiger partial charge in [0.25, 0.3) is 5.69 Å². The van der Waals surface area contributed by atoms with Crippen LogP contribution in [0.3, 0.4) is 0 Å². The molecule has 1 heterocycles. The number of carbonyl (C=O) groups is 3. The maximum Gasteiger partial charge on any atom is 0.269 e. The number of rotatable bonds is 6. The number of anilines is 1. The first-order valence-electron chi connectivity index (χ1n) is 11.1. The lowest BCUT2D eigenvalue weighted by molar-refractivity contribution is -0.384.